The van der Waals surface area contributed by atoms with Gasteiger partial charge in [0, 0.05) is 11.6 Å². The summed E-state index contributed by atoms with van der Waals surface area (Å²) in [5, 5.41) is 6.47. The van der Waals surface area contributed by atoms with Crippen molar-refractivity contribution in [3.63, 3.8) is 0 Å². The summed E-state index contributed by atoms with van der Waals surface area (Å²) in [6.45, 7) is 0.321. The normalized spacial score (nSPS) is 10.4. The molecule has 0 saturated carbocycles. The predicted octanol–water partition coefficient (Wildman–Crippen LogP) is 4.60. The van der Waals surface area contributed by atoms with Crippen molar-refractivity contribution in [1.29, 1.82) is 0 Å². The van der Waals surface area contributed by atoms with Crippen LogP contribution in [-0.4, -0.2) is 24.5 Å². The van der Waals surface area contributed by atoms with Crippen molar-refractivity contribution in [3.8, 4) is 5.75 Å². The molecule has 0 aliphatic heterocycles. The minimum absolute atomic E-state index is 0.275. The molecule has 3 rings (SSSR count). The summed E-state index contributed by atoms with van der Waals surface area (Å²) in [6.07, 6.45) is 1.96. The molecule has 2 aromatic carbocycles. The lowest BCUT2D eigenvalue weighted by Gasteiger charge is -2.11. The fourth-order valence-electron chi connectivity index (χ4n) is 2.64. The molecule has 0 atom stereocenters. The second kappa shape index (κ2) is 9.19. The Morgan fingerprint density at radius 1 is 1.18 bits per heavy atom. The molecule has 0 unspecified atom stereocenters. The number of methoxy groups -OCH3 is 1. The van der Waals surface area contributed by atoms with E-state index in [1.807, 2.05) is 0 Å². The molecule has 0 aliphatic carbocycles. The molecule has 3 aromatic rings. The van der Waals surface area contributed by atoms with E-state index in [2.05, 4.69) is 15.6 Å². The zero-order chi connectivity index (χ0) is 19.9. The van der Waals surface area contributed by atoms with Gasteiger partial charge >= 0.3 is 0 Å². The van der Waals surface area contributed by atoms with Gasteiger partial charge in [-0.1, -0.05) is 29.8 Å². The number of carbonyl (C=O) groups is 1. The Kier molecular flexibility index (Phi) is 6.45. The van der Waals surface area contributed by atoms with Gasteiger partial charge in [-0.2, -0.15) is 0 Å². The smallest absolute Gasteiger partial charge is 0.269 e. The Hall–Kier alpha value is -3.12. The number of anilines is 2. The Morgan fingerprint density at radius 2 is 2.00 bits per heavy atom. The average molecular weight is 400 g/mol. The minimum Gasteiger partial charge on any atom is -0.495 e. The zero-order valence-electron chi connectivity index (χ0n) is 15.2. The molecule has 0 fully saturated rings. The van der Waals surface area contributed by atoms with Crippen LogP contribution in [0.15, 0.2) is 60.8 Å². The lowest BCUT2D eigenvalue weighted by Crippen LogP contribution is -2.26. The fraction of sp³-hybridized carbons (Fsp3) is 0.143. The molecule has 0 saturated heterocycles. The van der Waals surface area contributed by atoms with Gasteiger partial charge in [0.25, 0.3) is 5.91 Å². The Labute approximate surface area is 167 Å². The largest absolute Gasteiger partial charge is 0.495 e. The summed E-state index contributed by atoms with van der Waals surface area (Å²) in [5.41, 5.74) is 2.21. The van der Waals surface area contributed by atoms with Gasteiger partial charge in [-0.25, -0.2) is 9.37 Å². The number of amides is 1. The molecular formula is C21H19ClFN3O2. The van der Waals surface area contributed by atoms with Crippen molar-refractivity contribution in [2.24, 2.45) is 0 Å². The van der Waals surface area contributed by atoms with Gasteiger partial charge in [0.05, 0.1) is 24.7 Å². The summed E-state index contributed by atoms with van der Waals surface area (Å²) < 4.78 is 18.9. The molecule has 0 radical (unpaired) electrons. The SMILES string of the molecule is COc1ccc(Cl)cc1Nc1ccc(C(=O)NCCc2ccccc2F)nc1. The van der Waals surface area contributed by atoms with Crippen LogP contribution >= 0.6 is 11.6 Å². The number of ether oxygens (including phenoxy) is 1. The third-order valence-corrected chi connectivity index (χ3v) is 4.31. The highest BCUT2D eigenvalue weighted by molar-refractivity contribution is 6.31. The van der Waals surface area contributed by atoms with Gasteiger partial charge in [-0.3, -0.25) is 4.79 Å². The van der Waals surface area contributed by atoms with Crippen LogP contribution in [0.2, 0.25) is 5.02 Å². The van der Waals surface area contributed by atoms with Crippen LogP contribution in [-0.2, 0) is 6.42 Å². The summed E-state index contributed by atoms with van der Waals surface area (Å²) in [5.74, 6) is 0.0457. The maximum Gasteiger partial charge on any atom is 0.269 e. The summed E-state index contributed by atoms with van der Waals surface area (Å²) in [4.78, 5) is 16.4. The van der Waals surface area contributed by atoms with Crippen molar-refractivity contribution in [1.82, 2.24) is 10.3 Å². The van der Waals surface area contributed by atoms with Crippen LogP contribution in [0.5, 0.6) is 5.75 Å². The van der Waals surface area contributed by atoms with E-state index in [9.17, 15) is 9.18 Å². The molecule has 1 heterocycles. The van der Waals surface area contributed by atoms with Gasteiger partial charge in [0.15, 0.2) is 0 Å². The third kappa shape index (κ3) is 4.98. The molecule has 0 bridgehead atoms. The van der Waals surface area contributed by atoms with E-state index in [4.69, 9.17) is 16.3 Å². The van der Waals surface area contributed by atoms with Crippen molar-refractivity contribution >= 4 is 28.9 Å². The second-order valence-corrected chi connectivity index (χ2v) is 6.44. The molecule has 1 amide bonds. The lowest BCUT2D eigenvalue weighted by molar-refractivity contribution is 0.0949. The number of hydrogen-bond donors (Lipinski definition) is 2. The van der Waals surface area contributed by atoms with Crippen LogP contribution in [0.4, 0.5) is 15.8 Å². The Bertz CT molecular complexity index is 964. The number of aromatic nitrogens is 1. The number of pyridine rings is 1. The van der Waals surface area contributed by atoms with E-state index in [0.717, 1.165) is 0 Å². The van der Waals surface area contributed by atoms with Gasteiger partial charge in [-0.05, 0) is 48.4 Å². The van der Waals surface area contributed by atoms with Gasteiger partial charge < -0.3 is 15.4 Å². The van der Waals surface area contributed by atoms with Gasteiger partial charge in [0.2, 0.25) is 0 Å². The van der Waals surface area contributed by atoms with Crippen molar-refractivity contribution in [2.45, 2.75) is 6.42 Å². The van der Waals surface area contributed by atoms with E-state index < -0.39 is 0 Å². The van der Waals surface area contributed by atoms with Crippen molar-refractivity contribution < 1.29 is 13.9 Å². The van der Waals surface area contributed by atoms with Crippen LogP contribution < -0.4 is 15.4 Å². The van der Waals surface area contributed by atoms with Crippen molar-refractivity contribution in [2.75, 3.05) is 19.0 Å². The molecule has 2 N–H and O–H groups in total. The molecule has 144 valence electrons. The zero-order valence-corrected chi connectivity index (χ0v) is 16.0. The molecule has 7 heteroatoms. The van der Waals surface area contributed by atoms with Crippen LogP contribution in [0, 0.1) is 5.82 Å². The number of nitrogens with zero attached hydrogens (tertiary/aromatic N) is 1. The first-order valence-electron chi connectivity index (χ1n) is 8.65. The highest BCUT2D eigenvalue weighted by Crippen LogP contribution is 2.30. The predicted molar refractivity (Wildman–Crippen MR) is 108 cm³/mol. The maximum absolute atomic E-state index is 13.6. The van der Waals surface area contributed by atoms with E-state index >= 15 is 0 Å². The Balaban J connectivity index is 1.58. The minimum atomic E-state index is -0.316. The summed E-state index contributed by atoms with van der Waals surface area (Å²) in [7, 11) is 1.57. The number of halogens is 2. The number of carbonyl (C=O) groups excluding carboxylic acids is 1. The summed E-state index contributed by atoms with van der Waals surface area (Å²) in [6, 6.07) is 15.1. The highest BCUT2D eigenvalue weighted by atomic mass is 35.5. The number of nitrogens with one attached hydrogen (secondary N) is 2. The van der Waals surface area contributed by atoms with E-state index in [0.29, 0.717) is 40.7 Å². The molecular weight excluding hydrogens is 381 g/mol. The van der Waals surface area contributed by atoms with E-state index in [-0.39, 0.29) is 17.4 Å². The first-order chi connectivity index (χ1) is 13.6. The number of hydrogen-bond acceptors (Lipinski definition) is 4. The van der Waals surface area contributed by atoms with Crippen LogP contribution in [0.25, 0.3) is 0 Å². The highest BCUT2D eigenvalue weighted by Gasteiger charge is 2.09. The molecule has 28 heavy (non-hydrogen) atoms. The van der Waals surface area contributed by atoms with E-state index in [1.54, 1.807) is 61.8 Å². The first kappa shape index (κ1) is 19.6. The molecule has 0 aliphatic rings. The molecule has 0 spiro atoms. The standard InChI is InChI=1S/C21H19ClFN3O2/c1-28-20-9-6-15(22)12-19(20)26-16-7-8-18(25-13-16)21(27)24-11-10-14-4-2-3-5-17(14)23/h2-9,12-13,26H,10-11H2,1H3,(H,24,27). The lowest BCUT2D eigenvalue weighted by atomic mass is 10.1. The second-order valence-electron chi connectivity index (χ2n) is 6.00. The third-order valence-electron chi connectivity index (χ3n) is 4.07. The topological polar surface area (TPSA) is 63.2 Å². The number of rotatable bonds is 7. The van der Waals surface area contributed by atoms with E-state index in [1.165, 1.54) is 6.07 Å². The average Bonchev–Trinajstić information content (AvgIpc) is 2.70. The van der Waals surface area contributed by atoms with Crippen molar-refractivity contribution in [3.05, 3.63) is 82.9 Å². The fourth-order valence-corrected chi connectivity index (χ4v) is 2.81. The quantitative estimate of drug-likeness (QED) is 0.609. The van der Waals surface area contributed by atoms with Crippen LogP contribution in [0.1, 0.15) is 16.1 Å². The van der Waals surface area contributed by atoms with Gasteiger partial charge in [-0.15, -0.1) is 0 Å². The first-order valence-corrected chi connectivity index (χ1v) is 9.03. The maximum atomic E-state index is 13.6. The monoisotopic (exact) mass is 399 g/mol. The molecule has 5 nitrogen and oxygen atoms in total. The van der Waals surface area contributed by atoms with Gasteiger partial charge in [0.1, 0.15) is 17.3 Å². The number of benzene rings is 2. The Morgan fingerprint density at radius 3 is 2.71 bits per heavy atom. The summed E-state index contributed by atoms with van der Waals surface area (Å²) >= 11 is 6.02. The van der Waals surface area contributed by atoms with Crippen LogP contribution in [0.3, 0.4) is 0 Å². The molecule has 1 aromatic heterocycles.